The SMILES string of the molecule is COc1cncc(-c2ccc3[nH]nc(-c4nc5nccc(N6CCN(C)CC6)c5[nH]4)c3n2)c1. The first-order valence-corrected chi connectivity index (χ1v) is 10.8. The summed E-state index contributed by atoms with van der Waals surface area (Å²) >= 11 is 0. The van der Waals surface area contributed by atoms with E-state index in [9.17, 15) is 0 Å². The monoisotopic (exact) mass is 441 g/mol. The van der Waals surface area contributed by atoms with Crippen LogP contribution in [-0.2, 0) is 0 Å². The number of imidazole rings is 1. The average molecular weight is 441 g/mol. The molecule has 0 radical (unpaired) electrons. The molecule has 0 atom stereocenters. The van der Waals surface area contributed by atoms with Crippen molar-refractivity contribution in [2.45, 2.75) is 0 Å². The molecule has 0 aliphatic carbocycles. The van der Waals surface area contributed by atoms with Crippen LogP contribution in [0.4, 0.5) is 5.69 Å². The van der Waals surface area contributed by atoms with Gasteiger partial charge in [-0.3, -0.25) is 10.1 Å². The fraction of sp³-hybridized carbons (Fsp3) is 0.261. The van der Waals surface area contributed by atoms with E-state index in [0.717, 1.165) is 59.7 Å². The molecular formula is C23H23N9O. The number of likely N-dealkylation sites (N-methyl/N-ethyl adjacent to an activating group) is 1. The highest BCUT2D eigenvalue weighted by Gasteiger charge is 2.21. The first kappa shape index (κ1) is 19.6. The fourth-order valence-electron chi connectivity index (χ4n) is 4.22. The Labute approximate surface area is 189 Å². The van der Waals surface area contributed by atoms with Crippen molar-refractivity contribution in [2.75, 3.05) is 45.2 Å². The number of nitrogens with one attached hydrogen (secondary N) is 2. The number of rotatable bonds is 4. The Bertz CT molecular complexity index is 1450. The summed E-state index contributed by atoms with van der Waals surface area (Å²) in [4.78, 5) is 26.5. The number of aromatic amines is 2. The van der Waals surface area contributed by atoms with Gasteiger partial charge in [-0.15, -0.1) is 0 Å². The van der Waals surface area contributed by atoms with Crippen molar-refractivity contribution in [1.29, 1.82) is 0 Å². The Morgan fingerprint density at radius 2 is 1.91 bits per heavy atom. The molecule has 0 bridgehead atoms. The summed E-state index contributed by atoms with van der Waals surface area (Å²) in [5.41, 5.74) is 6.57. The smallest absolute Gasteiger partial charge is 0.180 e. The zero-order chi connectivity index (χ0) is 22.4. The second-order valence-electron chi connectivity index (χ2n) is 8.18. The van der Waals surface area contributed by atoms with E-state index < -0.39 is 0 Å². The van der Waals surface area contributed by atoms with Crippen molar-refractivity contribution in [2.24, 2.45) is 0 Å². The van der Waals surface area contributed by atoms with Crippen LogP contribution in [-0.4, -0.2) is 80.4 Å². The second-order valence-corrected chi connectivity index (χ2v) is 8.18. The quantitative estimate of drug-likeness (QED) is 0.438. The van der Waals surface area contributed by atoms with Crippen LogP contribution in [0.1, 0.15) is 0 Å². The van der Waals surface area contributed by atoms with Gasteiger partial charge in [0.2, 0.25) is 0 Å². The van der Waals surface area contributed by atoms with Gasteiger partial charge in [-0.25, -0.2) is 15.0 Å². The summed E-state index contributed by atoms with van der Waals surface area (Å²) in [6.45, 7) is 3.99. The van der Waals surface area contributed by atoms with Crippen molar-refractivity contribution in [3.05, 3.63) is 42.9 Å². The van der Waals surface area contributed by atoms with E-state index in [-0.39, 0.29) is 0 Å². The Hall–Kier alpha value is -4.05. The number of piperazine rings is 1. The minimum absolute atomic E-state index is 0.638. The molecule has 0 saturated carbocycles. The first-order valence-electron chi connectivity index (χ1n) is 10.8. The maximum absolute atomic E-state index is 5.31. The summed E-state index contributed by atoms with van der Waals surface area (Å²) in [6.07, 6.45) is 5.25. The molecule has 5 aromatic heterocycles. The van der Waals surface area contributed by atoms with Crippen molar-refractivity contribution < 1.29 is 4.74 Å². The molecular weight excluding hydrogens is 418 g/mol. The summed E-state index contributed by atoms with van der Waals surface area (Å²) < 4.78 is 5.31. The third-order valence-electron chi connectivity index (χ3n) is 6.09. The highest BCUT2D eigenvalue weighted by molar-refractivity contribution is 5.93. The van der Waals surface area contributed by atoms with Gasteiger partial charge in [0, 0.05) is 44.1 Å². The van der Waals surface area contributed by atoms with E-state index in [1.165, 1.54) is 0 Å². The summed E-state index contributed by atoms with van der Waals surface area (Å²) in [5.74, 6) is 1.32. The lowest BCUT2D eigenvalue weighted by molar-refractivity contribution is 0.313. The van der Waals surface area contributed by atoms with Gasteiger partial charge < -0.3 is 19.5 Å². The molecule has 1 aliphatic heterocycles. The highest BCUT2D eigenvalue weighted by atomic mass is 16.5. The highest BCUT2D eigenvalue weighted by Crippen LogP contribution is 2.31. The molecule has 0 unspecified atom stereocenters. The second kappa shape index (κ2) is 7.82. The van der Waals surface area contributed by atoms with E-state index in [4.69, 9.17) is 14.7 Å². The fourth-order valence-corrected chi connectivity index (χ4v) is 4.22. The molecule has 0 aromatic carbocycles. The zero-order valence-corrected chi connectivity index (χ0v) is 18.4. The Morgan fingerprint density at radius 1 is 1.03 bits per heavy atom. The van der Waals surface area contributed by atoms with Gasteiger partial charge in [0.1, 0.15) is 16.8 Å². The van der Waals surface area contributed by atoms with Crippen molar-refractivity contribution in [3.63, 3.8) is 0 Å². The predicted molar refractivity (Wildman–Crippen MR) is 126 cm³/mol. The van der Waals surface area contributed by atoms with Crippen LogP contribution in [0.2, 0.25) is 0 Å². The molecule has 1 aliphatic rings. The van der Waals surface area contributed by atoms with Crippen LogP contribution in [0.5, 0.6) is 5.75 Å². The molecule has 166 valence electrons. The summed E-state index contributed by atoms with van der Waals surface area (Å²) in [6, 6.07) is 7.86. The van der Waals surface area contributed by atoms with Gasteiger partial charge in [-0.2, -0.15) is 5.10 Å². The molecule has 10 heteroatoms. The Balaban J connectivity index is 1.43. The molecule has 10 nitrogen and oxygen atoms in total. The lowest BCUT2D eigenvalue weighted by atomic mass is 10.1. The topological polar surface area (TPSA) is 112 Å². The molecule has 5 aromatic rings. The van der Waals surface area contributed by atoms with Gasteiger partial charge in [0.15, 0.2) is 17.2 Å². The first-order chi connectivity index (χ1) is 16.2. The standard InChI is InChI=1S/C23H23N9O/c1-31-7-9-32(10-8-31)18-5-6-25-22-20(18)27-23(28-22)21-19-17(29-30-21)4-3-16(26-19)14-11-15(33-2)13-24-12-14/h3-6,11-13H,7-10H2,1-2H3,(H,29,30)(H,25,27,28). The number of pyridine rings is 3. The van der Waals surface area contributed by atoms with E-state index in [1.54, 1.807) is 19.5 Å². The predicted octanol–water partition coefficient (Wildman–Crippen LogP) is 2.72. The number of nitrogens with zero attached hydrogens (tertiary/aromatic N) is 7. The zero-order valence-electron chi connectivity index (χ0n) is 18.4. The minimum Gasteiger partial charge on any atom is -0.495 e. The Morgan fingerprint density at radius 3 is 2.76 bits per heavy atom. The number of methoxy groups -OCH3 is 1. The molecule has 1 fully saturated rings. The van der Waals surface area contributed by atoms with Crippen LogP contribution >= 0.6 is 0 Å². The minimum atomic E-state index is 0.638. The van der Waals surface area contributed by atoms with Crippen LogP contribution in [0.3, 0.4) is 0 Å². The number of anilines is 1. The van der Waals surface area contributed by atoms with Gasteiger partial charge in [0.25, 0.3) is 0 Å². The van der Waals surface area contributed by atoms with Crippen LogP contribution in [0, 0.1) is 0 Å². The molecule has 6 rings (SSSR count). The number of fused-ring (bicyclic) bond motifs is 2. The third-order valence-corrected chi connectivity index (χ3v) is 6.09. The van der Waals surface area contributed by atoms with Crippen LogP contribution in [0.15, 0.2) is 42.9 Å². The number of hydrogen-bond acceptors (Lipinski definition) is 8. The summed E-state index contributed by atoms with van der Waals surface area (Å²) in [5, 5.41) is 7.58. The lowest BCUT2D eigenvalue weighted by Gasteiger charge is -2.34. The number of H-pyrrole nitrogens is 2. The van der Waals surface area contributed by atoms with Crippen LogP contribution in [0.25, 0.3) is 45.0 Å². The Kier molecular flexibility index (Phi) is 4.65. The number of aromatic nitrogens is 7. The maximum atomic E-state index is 5.31. The number of hydrogen-bond donors (Lipinski definition) is 2. The van der Waals surface area contributed by atoms with Gasteiger partial charge in [0.05, 0.1) is 30.2 Å². The molecule has 6 heterocycles. The summed E-state index contributed by atoms with van der Waals surface area (Å²) in [7, 11) is 3.77. The van der Waals surface area contributed by atoms with E-state index in [1.807, 2.05) is 30.5 Å². The molecule has 1 saturated heterocycles. The van der Waals surface area contributed by atoms with Crippen molar-refractivity contribution >= 4 is 27.9 Å². The van der Waals surface area contributed by atoms with Gasteiger partial charge in [-0.1, -0.05) is 0 Å². The average Bonchev–Trinajstić information content (AvgIpc) is 3.48. The molecule has 33 heavy (non-hydrogen) atoms. The van der Waals surface area contributed by atoms with Gasteiger partial charge in [-0.05, 0) is 31.3 Å². The maximum Gasteiger partial charge on any atom is 0.180 e. The van der Waals surface area contributed by atoms with E-state index in [2.05, 4.69) is 42.0 Å². The van der Waals surface area contributed by atoms with Crippen molar-refractivity contribution in [1.82, 2.24) is 40.0 Å². The third kappa shape index (κ3) is 3.44. The lowest BCUT2D eigenvalue weighted by Crippen LogP contribution is -2.44. The number of ether oxygens (including phenoxy) is 1. The normalized spacial score (nSPS) is 14.9. The molecule has 0 spiro atoms. The van der Waals surface area contributed by atoms with E-state index >= 15 is 0 Å². The molecule has 0 amide bonds. The van der Waals surface area contributed by atoms with Gasteiger partial charge >= 0.3 is 0 Å². The largest absolute Gasteiger partial charge is 0.495 e. The van der Waals surface area contributed by atoms with Crippen molar-refractivity contribution in [3.8, 4) is 28.5 Å². The van der Waals surface area contributed by atoms with Crippen LogP contribution < -0.4 is 9.64 Å². The molecule has 2 N–H and O–H groups in total. The van der Waals surface area contributed by atoms with E-state index in [0.29, 0.717) is 22.9 Å².